The summed E-state index contributed by atoms with van der Waals surface area (Å²) in [5, 5.41) is 0. The van der Waals surface area contributed by atoms with E-state index in [0.29, 0.717) is 34.3 Å². The normalized spacial score (nSPS) is 10.9. The van der Waals surface area contributed by atoms with Crippen molar-refractivity contribution in [3.63, 3.8) is 0 Å². The highest BCUT2D eigenvalue weighted by Gasteiger charge is 2.22. The van der Waals surface area contributed by atoms with E-state index in [4.69, 9.17) is 19.9 Å². The zero-order valence-electron chi connectivity index (χ0n) is 16.1. The molecule has 9 nitrogen and oxygen atoms in total. The number of para-hydroxylation sites is 1. The van der Waals surface area contributed by atoms with E-state index in [1.165, 1.54) is 21.3 Å². The van der Waals surface area contributed by atoms with Crippen molar-refractivity contribution in [1.82, 2.24) is 19.5 Å². The molecule has 4 rings (SSSR count). The maximum Gasteiger partial charge on any atom is 0.280 e. The van der Waals surface area contributed by atoms with Gasteiger partial charge >= 0.3 is 0 Å². The van der Waals surface area contributed by atoms with Gasteiger partial charge in [-0.3, -0.25) is 14.3 Å². The molecule has 0 aliphatic carbocycles. The molecular formula is C20H19N5O4. The number of H-pyrrole nitrogens is 1. The summed E-state index contributed by atoms with van der Waals surface area (Å²) in [5.74, 6) is 1.89. The maximum atomic E-state index is 12.5. The van der Waals surface area contributed by atoms with Gasteiger partial charge in [0.15, 0.2) is 22.7 Å². The van der Waals surface area contributed by atoms with Crippen LogP contribution in [0.15, 0.2) is 47.3 Å². The minimum absolute atomic E-state index is 0.0102. The number of methoxy groups -OCH3 is 3. The van der Waals surface area contributed by atoms with Crippen LogP contribution in [0, 0.1) is 0 Å². The smallest absolute Gasteiger partial charge is 0.280 e. The molecule has 0 aliphatic heterocycles. The van der Waals surface area contributed by atoms with Gasteiger partial charge in [0, 0.05) is 11.3 Å². The Hall–Kier alpha value is -4.01. The second-order valence-electron chi connectivity index (χ2n) is 6.14. The molecule has 29 heavy (non-hydrogen) atoms. The molecule has 0 fully saturated rings. The summed E-state index contributed by atoms with van der Waals surface area (Å²) < 4.78 is 18.1. The zero-order valence-corrected chi connectivity index (χ0v) is 16.1. The number of ether oxygens (including phenoxy) is 3. The Balaban J connectivity index is 2.10. The van der Waals surface area contributed by atoms with Gasteiger partial charge in [-0.15, -0.1) is 0 Å². The number of nitrogens with two attached hydrogens (primary N) is 1. The topological polar surface area (TPSA) is 117 Å². The van der Waals surface area contributed by atoms with Gasteiger partial charge in [-0.1, -0.05) is 18.2 Å². The predicted octanol–water partition coefficient (Wildman–Crippen LogP) is 2.38. The van der Waals surface area contributed by atoms with Gasteiger partial charge in [0.1, 0.15) is 5.82 Å². The first-order valence-corrected chi connectivity index (χ1v) is 8.71. The van der Waals surface area contributed by atoms with Crippen molar-refractivity contribution in [2.75, 3.05) is 27.1 Å². The molecule has 0 radical (unpaired) electrons. The summed E-state index contributed by atoms with van der Waals surface area (Å²) in [5.41, 5.74) is 7.31. The molecule has 0 saturated carbocycles. The van der Waals surface area contributed by atoms with Crippen LogP contribution in [0.5, 0.6) is 17.2 Å². The monoisotopic (exact) mass is 393 g/mol. The second-order valence-corrected chi connectivity index (χ2v) is 6.14. The van der Waals surface area contributed by atoms with Crippen LogP contribution in [0.2, 0.25) is 0 Å². The molecule has 0 atom stereocenters. The first-order chi connectivity index (χ1) is 14.1. The molecule has 0 bridgehead atoms. The number of aromatic nitrogens is 4. The van der Waals surface area contributed by atoms with Gasteiger partial charge in [0.25, 0.3) is 5.56 Å². The van der Waals surface area contributed by atoms with E-state index in [1.54, 1.807) is 16.7 Å². The van der Waals surface area contributed by atoms with Gasteiger partial charge in [0.05, 0.1) is 21.3 Å². The van der Waals surface area contributed by atoms with Crippen LogP contribution in [0.3, 0.4) is 0 Å². The summed E-state index contributed by atoms with van der Waals surface area (Å²) in [6.45, 7) is 0. The summed E-state index contributed by atoms with van der Waals surface area (Å²) in [7, 11) is 4.61. The highest BCUT2D eigenvalue weighted by Crippen LogP contribution is 2.41. The molecule has 2 heterocycles. The van der Waals surface area contributed by atoms with Gasteiger partial charge in [-0.25, -0.2) is 4.98 Å². The predicted molar refractivity (Wildman–Crippen MR) is 109 cm³/mol. The molecule has 2 aromatic heterocycles. The highest BCUT2D eigenvalue weighted by atomic mass is 16.5. The van der Waals surface area contributed by atoms with Gasteiger partial charge in [-0.05, 0) is 24.3 Å². The molecular weight excluding hydrogens is 374 g/mol. The Kier molecular flexibility index (Phi) is 4.55. The molecule has 0 unspecified atom stereocenters. The minimum Gasteiger partial charge on any atom is -0.493 e. The molecule has 2 aromatic carbocycles. The number of nitrogens with one attached hydrogen (secondary N) is 1. The molecule has 0 spiro atoms. The standard InChI is InChI=1S/C20H19N5O4/c1-27-13-9-11(10-14(28-2)16(13)29-3)17-22-15-18(23-20(21)24-19(15)26)25(17)12-7-5-4-6-8-12/h4-10H,1-3H3,(H3,21,23,24,26). The summed E-state index contributed by atoms with van der Waals surface area (Å²) in [4.78, 5) is 23.8. The lowest BCUT2D eigenvalue weighted by Gasteiger charge is -2.15. The maximum absolute atomic E-state index is 12.5. The number of anilines is 1. The van der Waals surface area contributed by atoms with Gasteiger partial charge in [-0.2, -0.15) is 4.98 Å². The van der Waals surface area contributed by atoms with E-state index in [2.05, 4.69) is 15.0 Å². The SMILES string of the molecule is COc1cc(-c2nc3c(=O)[nH]c(N)nc3n2-c2ccccc2)cc(OC)c1OC. The Morgan fingerprint density at radius 1 is 0.966 bits per heavy atom. The van der Waals surface area contributed by atoms with E-state index >= 15 is 0 Å². The molecule has 148 valence electrons. The Morgan fingerprint density at radius 2 is 1.62 bits per heavy atom. The van der Waals surface area contributed by atoms with Crippen LogP contribution in [-0.4, -0.2) is 40.8 Å². The number of hydrogen-bond acceptors (Lipinski definition) is 7. The number of imidazole rings is 1. The van der Waals surface area contributed by atoms with Crippen molar-refractivity contribution in [3.8, 4) is 34.3 Å². The number of nitrogen functional groups attached to an aromatic ring is 1. The number of hydrogen-bond donors (Lipinski definition) is 2. The summed E-state index contributed by atoms with van der Waals surface area (Å²) in [6, 6.07) is 13.0. The van der Waals surface area contributed by atoms with E-state index < -0.39 is 5.56 Å². The second kappa shape index (κ2) is 7.19. The molecule has 9 heteroatoms. The largest absolute Gasteiger partial charge is 0.493 e. The van der Waals surface area contributed by atoms with Gasteiger partial charge < -0.3 is 19.9 Å². The molecule has 4 aromatic rings. The van der Waals surface area contributed by atoms with E-state index in [0.717, 1.165) is 5.69 Å². The third kappa shape index (κ3) is 3.02. The number of benzene rings is 2. The van der Waals surface area contributed by atoms with Crippen LogP contribution in [-0.2, 0) is 0 Å². The first kappa shape index (κ1) is 18.4. The van der Waals surface area contributed by atoms with Crippen molar-refractivity contribution >= 4 is 17.1 Å². The summed E-state index contributed by atoms with van der Waals surface area (Å²) >= 11 is 0. The lowest BCUT2D eigenvalue weighted by molar-refractivity contribution is 0.324. The van der Waals surface area contributed by atoms with Crippen LogP contribution in [0.4, 0.5) is 5.95 Å². The Labute approximate surface area is 165 Å². The van der Waals surface area contributed by atoms with Crippen LogP contribution >= 0.6 is 0 Å². The lowest BCUT2D eigenvalue weighted by atomic mass is 10.1. The van der Waals surface area contributed by atoms with Gasteiger partial charge in [0.2, 0.25) is 11.7 Å². The van der Waals surface area contributed by atoms with E-state index in [1.807, 2.05) is 30.3 Å². The molecule has 0 aliphatic rings. The van der Waals surface area contributed by atoms with Crippen molar-refractivity contribution in [2.24, 2.45) is 0 Å². The average molecular weight is 393 g/mol. The number of nitrogens with zero attached hydrogens (tertiary/aromatic N) is 3. The van der Waals surface area contributed by atoms with E-state index in [9.17, 15) is 4.79 Å². The minimum atomic E-state index is -0.420. The van der Waals surface area contributed by atoms with Crippen molar-refractivity contribution < 1.29 is 14.2 Å². The quantitative estimate of drug-likeness (QED) is 0.534. The lowest BCUT2D eigenvalue weighted by Crippen LogP contribution is -2.12. The van der Waals surface area contributed by atoms with Crippen LogP contribution in [0.25, 0.3) is 28.2 Å². The van der Waals surface area contributed by atoms with Crippen molar-refractivity contribution in [2.45, 2.75) is 0 Å². The highest BCUT2D eigenvalue weighted by molar-refractivity contribution is 5.81. The fourth-order valence-corrected chi connectivity index (χ4v) is 3.21. The van der Waals surface area contributed by atoms with E-state index in [-0.39, 0.29) is 11.5 Å². The van der Waals surface area contributed by atoms with Crippen molar-refractivity contribution in [1.29, 1.82) is 0 Å². The Morgan fingerprint density at radius 3 is 2.21 bits per heavy atom. The van der Waals surface area contributed by atoms with Crippen LogP contribution < -0.4 is 25.5 Å². The summed E-state index contributed by atoms with van der Waals surface area (Å²) in [6.07, 6.45) is 0. The van der Waals surface area contributed by atoms with Crippen molar-refractivity contribution in [3.05, 3.63) is 52.8 Å². The zero-order chi connectivity index (χ0) is 20.5. The number of fused-ring (bicyclic) bond motifs is 1. The molecule has 3 N–H and O–H groups in total. The fraction of sp³-hybridized carbons (Fsp3) is 0.150. The molecule has 0 saturated heterocycles. The van der Waals surface area contributed by atoms with Crippen LogP contribution in [0.1, 0.15) is 0 Å². The molecule has 0 amide bonds. The fourth-order valence-electron chi connectivity index (χ4n) is 3.21. The third-order valence-corrected chi connectivity index (χ3v) is 4.47. The first-order valence-electron chi connectivity index (χ1n) is 8.71. The third-order valence-electron chi connectivity index (χ3n) is 4.47. The average Bonchev–Trinajstić information content (AvgIpc) is 3.12. The number of rotatable bonds is 5. The number of aromatic amines is 1. The Bertz CT molecular complexity index is 1220.